The number of aromatic amines is 1. The van der Waals surface area contributed by atoms with E-state index in [9.17, 15) is 4.79 Å². The molecule has 2 saturated heterocycles. The molecule has 2 aromatic rings. The molecule has 2 aromatic heterocycles. The van der Waals surface area contributed by atoms with Gasteiger partial charge in [0.1, 0.15) is 5.69 Å². The fourth-order valence-electron chi connectivity index (χ4n) is 4.18. The Balaban J connectivity index is 1.54. The summed E-state index contributed by atoms with van der Waals surface area (Å²) in [5.74, 6) is 0.135. The molecule has 0 aliphatic carbocycles. The molecule has 2 atom stereocenters. The fraction of sp³-hybridized carbons (Fsp3) is 0.556. The number of hydrogen-bond acceptors (Lipinski definition) is 4. The molecule has 0 radical (unpaired) electrons. The van der Waals surface area contributed by atoms with Crippen LogP contribution in [0.1, 0.15) is 41.2 Å². The Kier molecular flexibility index (Phi) is 4.18. The summed E-state index contributed by atoms with van der Waals surface area (Å²) in [4.78, 5) is 25.2. The third-order valence-electron chi connectivity index (χ3n) is 5.41. The number of carbonyl (C=O) groups excluding carboxylic acids is 1. The zero-order valence-electron chi connectivity index (χ0n) is 14.3. The van der Waals surface area contributed by atoms with Crippen molar-refractivity contribution in [3.05, 3.63) is 28.3 Å². The van der Waals surface area contributed by atoms with E-state index in [1.54, 1.807) is 11.3 Å². The molecular formula is C18H24N4OS. The number of thiazole rings is 1. The number of carbonyl (C=O) groups is 1. The standard InChI is InChI=1S/C18H24N4OS/c1-12-20-15(11-24-12)13-9-14(19-10-13)18(23)22-8-4-6-17(22)16-5-3-7-21(16)2/h9-11,16-17,19H,3-8H2,1-2H3/t16-,17-/m1/s1. The van der Waals surface area contributed by atoms with Crippen molar-refractivity contribution in [3.63, 3.8) is 0 Å². The number of likely N-dealkylation sites (N-methyl/N-ethyl adjacent to an activating group) is 1. The van der Waals surface area contributed by atoms with Crippen LogP contribution in [-0.4, -0.2) is 57.9 Å². The van der Waals surface area contributed by atoms with Crippen molar-refractivity contribution in [2.75, 3.05) is 20.1 Å². The summed E-state index contributed by atoms with van der Waals surface area (Å²) in [6, 6.07) is 2.83. The molecule has 1 amide bonds. The highest BCUT2D eigenvalue weighted by atomic mass is 32.1. The van der Waals surface area contributed by atoms with E-state index >= 15 is 0 Å². The van der Waals surface area contributed by atoms with E-state index in [1.807, 2.05) is 24.6 Å². The van der Waals surface area contributed by atoms with E-state index in [4.69, 9.17) is 0 Å². The first-order valence-corrected chi connectivity index (χ1v) is 9.63. The maximum Gasteiger partial charge on any atom is 0.270 e. The van der Waals surface area contributed by atoms with E-state index in [-0.39, 0.29) is 5.91 Å². The lowest BCUT2D eigenvalue weighted by molar-refractivity contribution is 0.0659. The molecule has 0 aromatic carbocycles. The molecule has 128 valence electrons. The minimum atomic E-state index is 0.135. The zero-order chi connectivity index (χ0) is 16.7. The van der Waals surface area contributed by atoms with E-state index in [1.165, 1.54) is 12.8 Å². The number of amides is 1. The number of hydrogen-bond donors (Lipinski definition) is 1. The average Bonchev–Trinajstić information content (AvgIpc) is 3.33. The van der Waals surface area contributed by atoms with Gasteiger partial charge in [-0.25, -0.2) is 4.98 Å². The van der Waals surface area contributed by atoms with Crippen LogP contribution >= 0.6 is 11.3 Å². The summed E-state index contributed by atoms with van der Waals surface area (Å²) in [6.07, 6.45) is 6.59. The maximum atomic E-state index is 13.0. The predicted octanol–water partition coefficient (Wildman–Crippen LogP) is 3.15. The molecule has 2 fully saturated rings. The molecule has 6 heteroatoms. The Morgan fingerprint density at radius 1 is 1.29 bits per heavy atom. The Bertz CT molecular complexity index is 737. The fourth-order valence-corrected chi connectivity index (χ4v) is 4.81. The van der Waals surface area contributed by atoms with Crippen molar-refractivity contribution in [2.24, 2.45) is 0 Å². The summed E-state index contributed by atoms with van der Waals surface area (Å²) < 4.78 is 0. The van der Waals surface area contributed by atoms with Crippen LogP contribution in [-0.2, 0) is 0 Å². The minimum absolute atomic E-state index is 0.135. The molecule has 0 spiro atoms. The first-order valence-electron chi connectivity index (χ1n) is 8.75. The second kappa shape index (κ2) is 6.33. The molecule has 4 heterocycles. The Morgan fingerprint density at radius 2 is 2.08 bits per heavy atom. The van der Waals surface area contributed by atoms with Gasteiger partial charge in [-0.05, 0) is 52.3 Å². The highest BCUT2D eigenvalue weighted by Crippen LogP contribution is 2.30. The van der Waals surface area contributed by atoms with Gasteiger partial charge >= 0.3 is 0 Å². The summed E-state index contributed by atoms with van der Waals surface area (Å²) in [6.45, 7) is 4.02. The zero-order valence-corrected chi connectivity index (χ0v) is 15.1. The largest absolute Gasteiger partial charge is 0.357 e. The third-order valence-corrected chi connectivity index (χ3v) is 6.18. The van der Waals surface area contributed by atoms with Gasteiger partial charge in [-0.15, -0.1) is 11.3 Å². The van der Waals surface area contributed by atoms with Gasteiger partial charge in [0.2, 0.25) is 0 Å². The lowest BCUT2D eigenvalue weighted by Crippen LogP contribution is -2.47. The first kappa shape index (κ1) is 15.8. The van der Waals surface area contributed by atoms with E-state index in [0.717, 1.165) is 42.2 Å². The van der Waals surface area contributed by atoms with Crippen molar-refractivity contribution in [2.45, 2.75) is 44.7 Å². The molecule has 0 unspecified atom stereocenters. The molecule has 24 heavy (non-hydrogen) atoms. The first-order chi connectivity index (χ1) is 11.6. The smallest absolute Gasteiger partial charge is 0.270 e. The van der Waals surface area contributed by atoms with Crippen LogP contribution in [0.15, 0.2) is 17.6 Å². The van der Waals surface area contributed by atoms with Crippen LogP contribution in [0.5, 0.6) is 0 Å². The van der Waals surface area contributed by atoms with Gasteiger partial charge in [0.05, 0.1) is 10.7 Å². The maximum absolute atomic E-state index is 13.0. The van der Waals surface area contributed by atoms with Crippen LogP contribution in [0.2, 0.25) is 0 Å². The van der Waals surface area contributed by atoms with Crippen molar-refractivity contribution in [3.8, 4) is 11.3 Å². The van der Waals surface area contributed by atoms with Gasteiger partial charge in [0.25, 0.3) is 5.91 Å². The van der Waals surface area contributed by atoms with Gasteiger partial charge in [-0.1, -0.05) is 0 Å². The van der Waals surface area contributed by atoms with E-state index in [2.05, 4.69) is 26.8 Å². The van der Waals surface area contributed by atoms with Crippen LogP contribution in [0.4, 0.5) is 0 Å². The summed E-state index contributed by atoms with van der Waals surface area (Å²) in [5.41, 5.74) is 2.63. The minimum Gasteiger partial charge on any atom is -0.357 e. The second-order valence-corrected chi connectivity index (χ2v) is 8.01. The van der Waals surface area contributed by atoms with Crippen molar-refractivity contribution in [1.82, 2.24) is 19.8 Å². The van der Waals surface area contributed by atoms with Crippen LogP contribution in [0, 0.1) is 6.92 Å². The van der Waals surface area contributed by atoms with Gasteiger partial charge in [-0.2, -0.15) is 0 Å². The third kappa shape index (κ3) is 2.78. The van der Waals surface area contributed by atoms with Crippen molar-refractivity contribution in [1.29, 1.82) is 0 Å². The molecule has 0 saturated carbocycles. The molecule has 1 N–H and O–H groups in total. The Morgan fingerprint density at radius 3 is 2.79 bits per heavy atom. The number of nitrogens with zero attached hydrogens (tertiary/aromatic N) is 3. The lowest BCUT2D eigenvalue weighted by atomic mass is 10.0. The predicted molar refractivity (Wildman–Crippen MR) is 96.3 cm³/mol. The van der Waals surface area contributed by atoms with E-state index < -0.39 is 0 Å². The number of rotatable bonds is 3. The molecular weight excluding hydrogens is 320 g/mol. The monoisotopic (exact) mass is 344 g/mol. The Hall–Kier alpha value is -1.66. The average molecular weight is 344 g/mol. The van der Waals surface area contributed by atoms with Gasteiger partial charge in [0, 0.05) is 35.8 Å². The molecule has 2 aliphatic rings. The Labute approximate surface area is 146 Å². The number of aromatic nitrogens is 2. The number of nitrogens with one attached hydrogen (secondary N) is 1. The SMILES string of the molecule is Cc1nc(-c2c[nH]c(C(=O)N3CCC[C@@H]3[C@H]3CCCN3C)c2)cs1. The quantitative estimate of drug-likeness (QED) is 0.931. The lowest BCUT2D eigenvalue weighted by Gasteiger charge is -2.33. The van der Waals surface area contributed by atoms with Crippen molar-refractivity contribution >= 4 is 17.2 Å². The number of H-pyrrole nitrogens is 1. The van der Waals surface area contributed by atoms with Crippen LogP contribution in [0.3, 0.4) is 0 Å². The summed E-state index contributed by atoms with van der Waals surface area (Å²) in [7, 11) is 2.19. The molecule has 0 bridgehead atoms. The van der Waals surface area contributed by atoms with Gasteiger partial charge in [0.15, 0.2) is 0 Å². The molecule has 4 rings (SSSR count). The van der Waals surface area contributed by atoms with E-state index in [0.29, 0.717) is 17.8 Å². The molecule has 2 aliphatic heterocycles. The number of likely N-dealkylation sites (tertiary alicyclic amines) is 2. The van der Waals surface area contributed by atoms with Crippen LogP contribution in [0.25, 0.3) is 11.3 Å². The topological polar surface area (TPSA) is 52.2 Å². The normalized spacial score (nSPS) is 24.8. The van der Waals surface area contributed by atoms with Crippen LogP contribution < -0.4 is 0 Å². The van der Waals surface area contributed by atoms with Gasteiger partial charge in [-0.3, -0.25) is 4.79 Å². The summed E-state index contributed by atoms with van der Waals surface area (Å²) >= 11 is 1.63. The summed E-state index contributed by atoms with van der Waals surface area (Å²) in [5, 5.41) is 3.08. The second-order valence-electron chi connectivity index (χ2n) is 6.95. The molecule has 5 nitrogen and oxygen atoms in total. The highest BCUT2D eigenvalue weighted by Gasteiger charge is 2.38. The number of aryl methyl sites for hydroxylation is 1. The highest BCUT2D eigenvalue weighted by molar-refractivity contribution is 7.09. The van der Waals surface area contributed by atoms with Crippen molar-refractivity contribution < 1.29 is 4.79 Å². The van der Waals surface area contributed by atoms with Gasteiger partial charge < -0.3 is 14.8 Å².